The second kappa shape index (κ2) is 12.1. The maximum Gasteiger partial charge on any atom is 0.303 e. The number of carboxylic acids is 1. The summed E-state index contributed by atoms with van der Waals surface area (Å²) in [6.07, 6.45) is 6.22. The molecule has 1 aromatic heterocycles. The van der Waals surface area contributed by atoms with Crippen LogP contribution >= 0.6 is 11.6 Å². The minimum atomic E-state index is -0.880. The SMILES string of the molecule is COc1ccccc1CCCCCCc1c(C(=O)C[C@H](C)CC(=O)O)c2cc(Cl)ccc2n1C. The van der Waals surface area contributed by atoms with Gasteiger partial charge in [-0.25, -0.2) is 0 Å². The first kappa shape index (κ1) is 25.8. The largest absolute Gasteiger partial charge is 0.496 e. The smallest absolute Gasteiger partial charge is 0.303 e. The lowest BCUT2D eigenvalue weighted by Gasteiger charge is -2.11. The maximum atomic E-state index is 13.3. The molecule has 182 valence electrons. The van der Waals surface area contributed by atoms with Crippen molar-refractivity contribution < 1.29 is 19.4 Å². The highest BCUT2D eigenvalue weighted by Gasteiger charge is 2.23. The molecule has 3 aromatic rings. The number of Topliss-reactive ketones (excluding diaryl/α,β-unsaturated/α-hetero) is 1. The Bertz CT molecular complexity index is 1150. The number of halogens is 1. The van der Waals surface area contributed by atoms with Gasteiger partial charge in [-0.15, -0.1) is 0 Å². The molecule has 0 saturated heterocycles. The number of hydrogen-bond acceptors (Lipinski definition) is 3. The van der Waals surface area contributed by atoms with Crippen molar-refractivity contribution in [3.05, 3.63) is 64.3 Å². The van der Waals surface area contributed by atoms with Crippen LogP contribution in [0.5, 0.6) is 5.75 Å². The van der Waals surface area contributed by atoms with E-state index in [1.165, 1.54) is 5.56 Å². The minimum absolute atomic E-state index is 0.00668. The lowest BCUT2D eigenvalue weighted by atomic mass is 9.94. The number of para-hydroxylation sites is 1. The molecule has 0 radical (unpaired) electrons. The van der Waals surface area contributed by atoms with Gasteiger partial charge in [-0.05, 0) is 61.4 Å². The van der Waals surface area contributed by atoms with Gasteiger partial charge in [-0.2, -0.15) is 0 Å². The number of aliphatic carboxylic acids is 1. The fourth-order valence-electron chi connectivity index (χ4n) is 4.73. The summed E-state index contributed by atoms with van der Waals surface area (Å²) in [6, 6.07) is 13.8. The summed E-state index contributed by atoms with van der Waals surface area (Å²) in [7, 11) is 3.70. The van der Waals surface area contributed by atoms with Gasteiger partial charge in [-0.1, -0.05) is 49.6 Å². The number of carboxylic acid groups (broad SMARTS) is 1. The van der Waals surface area contributed by atoms with Crippen LogP contribution in [0.4, 0.5) is 0 Å². The number of aromatic nitrogens is 1. The van der Waals surface area contributed by atoms with Gasteiger partial charge in [0.05, 0.1) is 7.11 Å². The standard InChI is InChI=1S/C28H34ClNO4/c1-19(17-27(32)33)16-25(31)28-22-18-21(29)14-15-23(22)30(2)24(28)12-7-5-4-6-10-20-11-8-9-13-26(20)34-3/h8-9,11,13-15,18-19H,4-7,10,12,16-17H2,1-3H3,(H,32,33)/t19-/m0/s1. The molecule has 0 aliphatic rings. The summed E-state index contributed by atoms with van der Waals surface area (Å²) in [5, 5.41) is 10.5. The Kier molecular flexibility index (Phi) is 9.17. The fourth-order valence-corrected chi connectivity index (χ4v) is 4.91. The molecule has 0 aliphatic heterocycles. The molecule has 3 rings (SSSR count). The van der Waals surface area contributed by atoms with E-state index in [9.17, 15) is 9.59 Å². The predicted octanol–water partition coefficient (Wildman–Crippen LogP) is 6.87. The van der Waals surface area contributed by atoms with Gasteiger partial charge in [-0.3, -0.25) is 9.59 Å². The molecule has 0 unspecified atom stereocenters. The third kappa shape index (κ3) is 6.41. The zero-order valence-electron chi connectivity index (χ0n) is 20.3. The lowest BCUT2D eigenvalue weighted by molar-refractivity contribution is -0.137. The number of carbonyl (C=O) groups is 2. The predicted molar refractivity (Wildman–Crippen MR) is 137 cm³/mol. The summed E-state index contributed by atoms with van der Waals surface area (Å²) in [6.45, 7) is 1.81. The zero-order valence-corrected chi connectivity index (χ0v) is 21.0. The number of fused-ring (bicyclic) bond motifs is 1. The number of rotatable bonds is 13. The summed E-state index contributed by atoms with van der Waals surface area (Å²) >= 11 is 6.26. The molecule has 6 heteroatoms. The average Bonchev–Trinajstić information content (AvgIpc) is 3.06. The average molecular weight is 484 g/mol. The lowest BCUT2D eigenvalue weighted by Crippen LogP contribution is -2.12. The van der Waals surface area contributed by atoms with Crippen LogP contribution in [0.15, 0.2) is 42.5 Å². The first-order valence-electron chi connectivity index (χ1n) is 12.0. The highest BCUT2D eigenvalue weighted by Crippen LogP contribution is 2.31. The first-order valence-corrected chi connectivity index (χ1v) is 12.3. The molecule has 1 atom stereocenters. The van der Waals surface area contributed by atoms with E-state index < -0.39 is 5.97 Å². The summed E-state index contributed by atoms with van der Waals surface area (Å²) in [5.74, 6) is -0.165. The Morgan fingerprint density at radius 1 is 1.03 bits per heavy atom. The van der Waals surface area contributed by atoms with E-state index >= 15 is 0 Å². The second-order valence-electron chi connectivity index (χ2n) is 9.10. The molecular formula is C28H34ClNO4. The highest BCUT2D eigenvalue weighted by molar-refractivity contribution is 6.31. The molecule has 2 aromatic carbocycles. The Balaban J connectivity index is 1.67. The second-order valence-corrected chi connectivity index (χ2v) is 9.54. The van der Waals surface area contributed by atoms with E-state index in [1.54, 1.807) is 7.11 Å². The van der Waals surface area contributed by atoms with Gasteiger partial charge >= 0.3 is 5.97 Å². The number of hydrogen-bond donors (Lipinski definition) is 1. The van der Waals surface area contributed by atoms with Gasteiger partial charge in [0.15, 0.2) is 5.78 Å². The van der Waals surface area contributed by atoms with Gasteiger partial charge in [0.1, 0.15) is 5.75 Å². The summed E-state index contributed by atoms with van der Waals surface area (Å²) in [5.41, 5.74) is 3.92. The number of aryl methyl sites for hydroxylation is 2. The van der Waals surface area contributed by atoms with E-state index in [4.69, 9.17) is 21.4 Å². The summed E-state index contributed by atoms with van der Waals surface area (Å²) in [4.78, 5) is 24.4. The number of ketones is 1. The van der Waals surface area contributed by atoms with E-state index in [0.29, 0.717) is 10.6 Å². The monoisotopic (exact) mass is 483 g/mol. The van der Waals surface area contributed by atoms with Crippen LogP contribution in [0.2, 0.25) is 5.02 Å². The number of ether oxygens (including phenoxy) is 1. The van der Waals surface area contributed by atoms with Crippen molar-refractivity contribution in [2.45, 2.75) is 58.3 Å². The van der Waals surface area contributed by atoms with E-state index in [0.717, 1.165) is 60.9 Å². The Hall–Kier alpha value is -2.79. The molecule has 0 bridgehead atoms. The quantitative estimate of drug-likeness (QED) is 0.213. The molecule has 0 fully saturated rings. The van der Waals surface area contributed by atoms with Crippen LogP contribution in [0, 0.1) is 5.92 Å². The van der Waals surface area contributed by atoms with Crippen molar-refractivity contribution in [1.29, 1.82) is 0 Å². The van der Waals surface area contributed by atoms with Gasteiger partial charge < -0.3 is 14.4 Å². The van der Waals surface area contributed by atoms with Crippen LogP contribution in [0.1, 0.15) is 67.1 Å². The van der Waals surface area contributed by atoms with Gasteiger partial charge in [0.2, 0.25) is 0 Å². The van der Waals surface area contributed by atoms with Gasteiger partial charge in [0, 0.05) is 47.1 Å². The molecule has 1 heterocycles. The molecule has 0 spiro atoms. The van der Waals surface area contributed by atoms with E-state index in [-0.39, 0.29) is 24.5 Å². The maximum absolute atomic E-state index is 13.3. The van der Waals surface area contributed by atoms with Crippen molar-refractivity contribution in [3.63, 3.8) is 0 Å². The third-order valence-electron chi connectivity index (χ3n) is 6.42. The van der Waals surface area contributed by atoms with Crippen molar-refractivity contribution >= 4 is 34.3 Å². The summed E-state index contributed by atoms with van der Waals surface area (Å²) < 4.78 is 7.53. The molecule has 0 saturated carbocycles. The topological polar surface area (TPSA) is 68.5 Å². The number of methoxy groups -OCH3 is 1. The Morgan fingerprint density at radius 2 is 1.74 bits per heavy atom. The van der Waals surface area contributed by atoms with Gasteiger partial charge in [0.25, 0.3) is 0 Å². The number of unbranched alkanes of at least 4 members (excludes halogenated alkanes) is 3. The van der Waals surface area contributed by atoms with Crippen molar-refractivity contribution in [1.82, 2.24) is 4.57 Å². The molecule has 5 nitrogen and oxygen atoms in total. The van der Waals surface area contributed by atoms with E-state index in [2.05, 4.69) is 10.6 Å². The molecule has 0 amide bonds. The molecule has 0 aliphatic carbocycles. The van der Waals surface area contributed by atoms with Crippen molar-refractivity contribution in [2.24, 2.45) is 13.0 Å². The van der Waals surface area contributed by atoms with Crippen molar-refractivity contribution in [3.8, 4) is 5.75 Å². The van der Waals surface area contributed by atoms with E-state index in [1.807, 2.05) is 50.4 Å². The van der Waals surface area contributed by atoms with Crippen LogP contribution < -0.4 is 4.74 Å². The first-order chi connectivity index (χ1) is 16.3. The Labute approximate surface area is 206 Å². The zero-order chi connectivity index (χ0) is 24.7. The molecule has 34 heavy (non-hydrogen) atoms. The normalized spacial score (nSPS) is 12.1. The van der Waals surface area contributed by atoms with Crippen LogP contribution in [0.25, 0.3) is 10.9 Å². The van der Waals surface area contributed by atoms with Crippen LogP contribution in [0.3, 0.4) is 0 Å². The van der Waals surface area contributed by atoms with Crippen LogP contribution in [-0.2, 0) is 24.7 Å². The van der Waals surface area contributed by atoms with Crippen LogP contribution in [-0.4, -0.2) is 28.5 Å². The number of nitrogens with zero attached hydrogens (tertiary/aromatic N) is 1. The minimum Gasteiger partial charge on any atom is -0.496 e. The highest BCUT2D eigenvalue weighted by atomic mass is 35.5. The molecule has 1 N–H and O–H groups in total. The van der Waals surface area contributed by atoms with Crippen molar-refractivity contribution in [2.75, 3.05) is 7.11 Å². The fraction of sp³-hybridized carbons (Fsp3) is 0.429. The number of benzene rings is 2. The Morgan fingerprint density at radius 3 is 2.44 bits per heavy atom. The third-order valence-corrected chi connectivity index (χ3v) is 6.66. The number of carbonyl (C=O) groups excluding carboxylic acids is 1. The molecular weight excluding hydrogens is 450 g/mol.